The standard InChI is InChI=1S/C14H12Cl3N3O4/c15-7-3-9(17)10(4-8(7)16)24-5-11(21)20-2-1-14(6-20)12(22)18-13(23)19-14/h3-4H,1-2,5-6H2,(H2,18,19,22,23)/t14-/m1/s1. The molecule has 0 unspecified atom stereocenters. The van der Waals surface area contributed by atoms with Crippen LogP contribution < -0.4 is 15.4 Å². The molecule has 0 saturated carbocycles. The summed E-state index contributed by atoms with van der Waals surface area (Å²) in [6, 6.07) is 2.30. The Hall–Kier alpha value is -1.70. The largest absolute Gasteiger partial charge is 0.482 e. The van der Waals surface area contributed by atoms with Crippen LogP contribution in [0.5, 0.6) is 5.75 Å². The summed E-state index contributed by atoms with van der Waals surface area (Å²) in [4.78, 5) is 36.9. The van der Waals surface area contributed by atoms with Gasteiger partial charge in [0.15, 0.2) is 6.61 Å². The zero-order valence-electron chi connectivity index (χ0n) is 12.2. The fraction of sp³-hybridized carbons (Fsp3) is 0.357. The summed E-state index contributed by atoms with van der Waals surface area (Å²) in [5.41, 5.74) is -1.05. The van der Waals surface area contributed by atoms with Crippen LogP contribution >= 0.6 is 34.8 Å². The number of benzene rings is 1. The lowest BCUT2D eigenvalue weighted by Crippen LogP contribution is -2.50. The van der Waals surface area contributed by atoms with Crippen molar-refractivity contribution in [3.05, 3.63) is 27.2 Å². The molecule has 1 aromatic rings. The smallest absolute Gasteiger partial charge is 0.322 e. The lowest BCUT2D eigenvalue weighted by atomic mass is 10.00. The van der Waals surface area contributed by atoms with Crippen LogP contribution in [-0.2, 0) is 9.59 Å². The predicted molar refractivity (Wildman–Crippen MR) is 87.6 cm³/mol. The molecule has 2 aliphatic heterocycles. The fourth-order valence-corrected chi connectivity index (χ4v) is 3.28. The maximum absolute atomic E-state index is 12.3. The Morgan fingerprint density at radius 3 is 2.58 bits per heavy atom. The number of hydrogen-bond donors (Lipinski definition) is 2. The molecule has 4 amide bonds. The molecule has 0 aromatic heterocycles. The van der Waals surface area contributed by atoms with E-state index in [1.54, 1.807) is 0 Å². The molecule has 1 spiro atoms. The van der Waals surface area contributed by atoms with Gasteiger partial charge in [-0.15, -0.1) is 0 Å². The van der Waals surface area contributed by atoms with Crippen molar-refractivity contribution in [1.82, 2.24) is 15.5 Å². The Kier molecular flexibility index (Phi) is 4.50. The van der Waals surface area contributed by atoms with E-state index >= 15 is 0 Å². The van der Waals surface area contributed by atoms with Gasteiger partial charge in [-0.25, -0.2) is 4.79 Å². The molecule has 2 aliphatic rings. The molecule has 7 nitrogen and oxygen atoms in total. The number of carbonyl (C=O) groups excluding carboxylic acids is 3. The monoisotopic (exact) mass is 391 g/mol. The summed E-state index contributed by atoms with van der Waals surface area (Å²) in [7, 11) is 0. The molecule has 2 heterocycles. The van der Waals surface area contributed by atoms with E-state index in [0.29, 0.717) is 13.0 Å². The maximum Gasteiger partial charge on any atom is 0.322 e. The van der Waals surface area contributed by atoms with Crippen LogP contribution in [0.3, 0.4) is 0 Å². The second-order valence-corrected chi connectivity index (χ2v) is 6.76. The second-order valence-electron chi connectivity index (χ2n) is 5.54. The van der Waals surface area contributed by atoms with Crippen LogP contribution in [0.2, 0.25) is 15.1 Å². The molecule has 0 radical (unpaired) electrons. The second kappa shape index (κ2) is 6.31. The van der Waals surface area contributed by atoms with Crippen LogP contribution in [0.4, 0.5) is 4.79 Å². The molecule has 2 saturated heterocycles. The quantitative estimate of drug-likeness (QED) is 0.607. The summed E-state index contributed by atoms with van der Waals surface area (Å²) in [6.45, 7) is 0.163. The number of urea groups is 1. The third-order valence-electron chi connectivity index (χ3n) is 3.96. The van der Waals surface area contributed by atoms with Crippen LogP contribution in [0.25, 0.3) is 0 Å². The molecule has 10 heteroatoms. The third-order valence-corrected chi connectivity index (χ3v) is 4.98. The number of carbonyl (C=O) groups is 3. The number of amides is 4. The van der Waals surface area contributed by atoms with Gasteiger partial charge in [0.2, 0.25) is 0 Å². The Labute approximate surface area is 152 Å². The van der Waals surface area contributed by atoms with Crippen molar-refractivity contribution in [2.75, 3.05) is 19.7 Å². The Morgan fingerprint density at radius 2 is 1.92 bits per heavy atom. The van der Waals surface area contributed by atoms with Crippen LogP contribution in [0.15, 0.2) is 12.1 Å². The van der Waals surface area contributed by atoms with Crippen molar-refractivity contribution in [3.8, 4) is 5.75 Å². The molecule has 0 bridgehead atoms. The number of likely N-dealkylation sites (tertiary alicyclic amines) is 1. The van der Waals surface area contributed by atoms with E-state index in [9.17, 15) is 14.4 Å². The minimum atomic E-state index is -1.05. The molecule has 128 valence electrons. The zero-order chi connectivity index (χ0) is 17.5. The van der Waals surface area contributed by atoms with Crippen molar-refractivity contribution in [2.45, 2.75) is 12.0 Å². The average Bonchev–Trinajstić information content (AvgIpc) is 3.05. The summed E-state index contributed by atoms with van der Waals surface area (Å²) in [5.74, 6) is -0.514. The van der Waals surface area contributed by atoms with Gasteiger partial charge < -0.3 is 15.0 Å². The van der Waals surface area contributed by atoms with Crippen molar-refractivity contribution in [2.24, 2.45) is 0 Å². The lowest BCUT2D eigenvalue weighted by Gasteiger charge is -2.21. The zero-order valence-corrected chi connectivity index (χ0v) is 14.5. The van der Waals surface area contributed by atoms with E-state index in [-0.39, 0.29) is 39.9 Å². The number of imide groups is 1. The number of nitrogens with zero attached hydrogens (tertiary/aromatic N) is 1. The van der Waals surface area contributed by atoms with Gasteiger partial charge in [0.1, 0.15) is 11.3 Å². The lowest BCUT2D eigenvalue weighted by molar-refractivity contribution is -0.132. The normalized spacial score (nSPS) is 22.7. The molecule has 2 fully saturated rings. The van der Waals surface area contributed by atoms with Crippen molar-refractivity contribution in [1.29, 1.82) is 0 Å². The third kappa shape index (κ3) is 3.11. The van der Waals surface area contributed by atoms with Gasteiger partial charge in [-0.1, -0.05) is 34.8 Å². The van der Waals surface area contributed by atoms with E-state index in [1.165, 1.54) is 17.0 Å². The highest BCUT2D eigenvalue weighted by Crippen LogP contribution is 2.34. The summed E-state index contributed by atoms with van der Waals surface area (Å²) < 4.78 is 5.39. The van der Waals surface area contributed by atoms with Gasteiger partial charge in [-0.3, -0.25) is 14.9 Å². The van der Waals surface area contributed by atoms with E-state index < -0.39 is 17.5 Å². The van der Waals surface area contributed by atoms with Gasteiger partial charge in [0, 0.05) is 12.6 Å². The Bertz CT molecular complexity index is 742. The predicted octanol–water partition coefficient (Wildman–Crippen LogP) is 1.84. The van der Waals surface area contributed by atoms with Crippen molar-refractivity contribution >= 4 is 52.6 Å². The van der Waals surface area contributed by atoms with E-state index in [4.69, 9.17) is 39.5 Å². The molecular formula is C14H12Cl3N3O4. The molecular weight excluding hydrogens is 381 g/mol. The van der Waals surface area contributed by atoms with E-state index in [1.807, 2.05) is 0 Å². The van der Waals surface area contributed by atoms with Crippen molar-refractivity contribution in [3.63, 3.8) is 0 Å². The van der Waals surface area contributed by atoms with Crippen LogP contribution in [0, 0.1) is 0 Å². The first kappa shape index (κ1) is 17.1. The van der Waals surface area contributed by atoms with Gasteiger partial charge in [0.05, 0.1) is 21.6 Å². The summed E-state index contributed by atoms with van der Waals surface area (Å²) >= 11 is 17.7. The first-order valence-corrected chi connectivity index (χ1v) is 8.13. The van der Waals surface area contributed by atoms with Crippen LogP contribution in [-0.4, -0.2) is 48.0 Å². The fourth-order valence-electron chi connectivity index (χ4n) is 2.68. The number of hydrogen-bond acceptors (Lipinski definition) is 4. The molecule has 1 atom stereocenters. The van der Waals surface area contributed by atoms with E-state index in [0.717, 1.165) is 0 Å². The van der Waals surface area contributed by atoms with Gasteiger partial charge in [-0.05, 0) is 12.5 Å². The number of halogens is 3. The highest BCUT2D eigenvalue weighted by molar-refractivity contribution is 6.43. The topological polar surface area (TPSA) is 87.7 Å². The molecule has 0 aliphatic carbocycles. The molecule has 3 rings (SSSR count). The number of ether oxygens (including phenoxy) is 1. The van der Waals surface area contributed by atoms with Gasteiger partial charge in [-0.2, -0.15) is 0 Å². The van der Waals surface area contributed by atoms with Gasteiger partial charge >= 0.3 is 6.03 Å². The SMILES string of the molecule is O=C1NC(=O)[C@]2(CCN(C(=O)COc3cc(Cl)c(Cl)cc3Cl)C2)N1. The first-order valence-electron chi connectivity index (χ1n) is 6.99. The van der Waals surface area contributed by atoms with E-state index in [2.05, 4.69) is 10.6 Å². The highest BCUT2D eigenvalue weighted by atomic mass is 35.5. The highest BCUT2D eigenvalue weighted by Gasteiger charge is 2.51. The van der Waals surface area contributed by atoms with Crippen LogP contribution in [0.1, 0.15) is 6.42 Å². The molecule has 2 N–H and O–H groups in total. The Morgan fingerprint density at radius 1 is 1.21 bits per heavy atom. The Balaban J connectivity index is 1.62. The van der Waals surface area contributed by atoms with Crippen molar-refractivity contribution < 1.29 is 19.1 Å². The first-order chi connectivity index (χ1) is 11.3. The van der Waals surface area contributed by atoms with Gasteiger partial charge in [0.25, 0.3) is 11.8 Å². The maximum atomic E-state index is 12.3. The summed E-state index contributed by atoms with van der Waals surface area (Å²) in [5, 5.41) is 5.53. The minimum Gasteiger partial charge on any atom is -0.482 e. The molecule has 24 heavy (non-hydrogen) atoms. The summed E-state index contributed by atoms with van der Waals surface area (Å²) in [6.07, 6.45) is 0.351. The molecule has 1 aromatic carbocycles. The number of rotatable bonds is 3. The number of nitrogens with one attached hydrogen (secondary N) is 2. The average molecular weight is 393 g/mol. The minimum absolute atomic E-state index is 0.0991.